The van der Waals surface area contributed by atoms with E-state index >= 15 is 0 Å². The zero-order valence-corrected chi connectivity index (χ0v) is 10.7. The minimum absolute atomic E-state index is 0.0697. The highest BCUT2D eigenvalue weighted by atomic mass is 35.7. The third-order valence-corrected chi connectivity index (χ3v) is 4.56. The van der Waals surface area contributed by atoms with Crippen LogP contribution in [-0.2, 0) is 13.8 Å². The number of aryl methyl sites for hydroxylation is 1. The fourth-order valence-corrected chi connectivity index (χ4v) is 2.76. The number of carbonyl (C=O) groups excluding carboxylic acids is 1. The normalized spacial score (nSPS) is 20.9. The van der Waals surface area contributed by atoms with E-state index in [9.17, 15) is 13.2 Å². The maximum Gasteiger partial charge on any atom is 0.237 e. The summed E-state index contributed by atoms with van der Waals surface area (Å²) in [6.45, 7) is 1.93. The molecule has 0 bridgehead atoms. The van der Waals surface area contributed by atoms with E-state index < -0.39 is 14.3 Å². The van der Waals surface area contributed by atoms with Crippen LogP contribution in [0, 0.1) is 6.92 Å². The van der Waals surface area contributed by atoms with Gasteiger partial charge in [0, 0.05) is 29.3 Å². The number of rotatable bonds is 2. The Hall–Kier alpha value is -1.14. The molecule has 1 unspecified atom stereocenters. The molecule has 1 aromatic rings. The molecule has 7 heteroatoms. The Morgan fingerprint density at radius 3 is 2.65 bits per heavy atom. The van der Waals surface area contributed by atoms with Crippen molar-refractivity contribution in [2.75, 3.05) is 11.4 Å². The molecule has 1 atom stereocenters. The predicted octanol–water partition coefficient (Wildman–Crippen LogP) is 1.06. The lowest BCUT2D eigenvalue weighted by Crippen LogP contribution is -2.26. The number of halogens is 1. The van der Waals surface area contributed by atoms with Crippen molar-refractivity contribution in [1.29, 1.82) is 0 Å². The van der Waals surface area contributed by atoms with Crippen molar-refractivity contribution in [3.05, 3.63) is 24.0 Å². The molecule has 0 aromatic carbocycles. The molecule has 17 heavy (non-hydrogen) atoms. The zero-order chi connectivity index (χ0) is 12.6. The molecule has 2 rings (SSSR count). The van der Waals surface area contributed by atoms with Gasteiger partial charge in [-0.3, -0.25) is 9.78 Å². The highest BCUT2D eigenvalue weighted by molar-refractivity contribution is 8.14. The van der Waals surface area contributed by atoms with E-state index in [2.05, 4.69) is 4.98 Å². The number of hydrogen-bond acceptors (Lipinski definition) is 4. The monoisotopic (exact) mass is 274 g/mol. The molecule has 0 radical (unpaired) electrons. The van der Waals surface area contributed by atoms with Crippen molar-refractivity contribution in [1.82, 2.24) is 4.98 Å². The molecule has 1 aliphatic rings. The second kappa shape index (κ2) is 4.27. The van der Waals surface area contributed by atoms with Gasteiger partial charge in [0.15, 0.2) is 0 Å². The summed E-state index contributed by atoms with van der Waals surface area (Å²) in [7, 11) is 1.57. The summed E-state index contributed by atoms with van der Waals surface area (Å²) in [4.78, 5) is 17.2. The third-order valence-electron chi connectivity index (χ3n) is 2.70. The summed E-state index contributed by atoms with van der Waals surface area (Å²) >= 11 is 0. The van der Waals surface area contributed by atoms with E-state index in [1.54, 1.807) is 18.3 Å². The highest BCUT2D eigenvalue weighted by Crippen LogP contribution is 2.26. The first-order valence-electron chi connectivity index (χ1n) is 5.04. The van der Waals surface area contributed by atoms with Crippen molar-refractivity contribution in [2.45, 2.75) is 18.6 Å². The van der Waals surface area contributed by atoms with Gasteiger partial charge in [-0.15, -0.1) is 0 Å². The van der Waals surface area contributed by atoms with Crippen LogP contribution in [0.2, 0.25) is 0 Å². The summed E-state index contributed by atoms with van der Waals surface area (Å²) in [5.74, 6) is -0.245. The molecule has 5 nitrogen and oxygen atoms in total. The Bertz CT molecular complexity index is 541. The number of aromatic nitrogens is 1. The first-order chi connectivity index (χ1) is 7.88. The van der Waals surface area contributed by atoms with Crippen molar-refractivity contribution in [2.24, 2.45) is 0 Å². The maximum atomic E-state index is 11.7. The average Bonchev–Trinajstić information content (AvgIpc) is 2.61. The Morgan fingerprint density at radius 2 is 2.18 bits per heavy atom. The summed E-state index contributed by atoms with van der Waals surface area (Å²) in [6, 6.07) is 3.51. The smallest absolute Gasteiger partial charge is 0.237 e. The molecule has 0 aliphatic carbocycles. The van der Waals surface area contributed by atoms with Crippen LogP contribution in [-0.4, -0.2) is 31.1 Å². The SMILES string of the molecule is Cc1ccc(N2CC(S(=O)(=O)Cl)CC2=O)cn1. The summed E-state index contributed by atoms with van der Waals surface area (Å²) < 4.78 is 22.4. The molecule has 1 aliphatic heterocycles. The van der Waals surface area contributed by atoms with Crippen molar-refractivity contribution < 1.29 is 13.2 Å². The summed E-state index contributed by atoms with van der Waals surface area (Å²) in [5, 5.41) is -0.835. The van der Waals surface area contributed by atoms with Crippen molar-refractivity contribution in [3.63, 3.8) is 0 Å². The van der Waals surface area contributed by atoms with Crippen LogP contribution in [0.5, 0.6) is 0 Å². The number of pyridine rings is 1. The molecule has 1 fully saturated rings. The lowest BCUT2D eigenvalue weighted by molar-refractivity contribution is -0.117. The molecule has 0 spiro atoms. The molecular weight excluding hydrogens is 264 g/mol. The van der Waals surface area contributed by atoms with Gasteiger partial charge in [0.25, 0.3) is 0 Å². The molecule has 1 aromatic heterocycles. The second-order valence-electron chi connectivity index (χ2n) is 3.96. The number of nitrogens with zero attached hydrogens (tertiary/aromatic N) is 2. The van der Waals surface area contributed by atoms with Crippen LogP contribution in [0.3, 0.4) is 0 Å². The summed E-state index contributed by atoms with van der Waals surface area (Å²) in [6.07, 6.45) is 1.48. The maximum absolute atomic E-state index is 11.7. The number of anilines is 1. The van der Waals surface area contributed by atoms with E-state index in [0.717, 1.165) is 5.69 Å². The number of amides is 1. The van der Waals surface area contributed by atoms with E-state index in [0.29, 0.717) is 5.69 Å². The zero-order valence-electron chi connectivity index (χ0n) is 9.13. The lowest BCUT2D eigenvalue weighted by atomic mass is 10.3. The lowest BCUT2D eigenvalue weighted by Gasteiger charge is -2.15. The minimum Gasteiger partial charge on any atom is -0.309 e. The van der Waals surface area contributed by atoms with Crippen LogP contribution in [0.1, 0.15) is 12.1 Å². The van der Waals surface area contributed by atoms with Crippen LogP contribution in [0.25, 0.3) is 0 Å². The quantitative estimate of drug-likeness (QED) is 0.757. The molecule has 1 saturated heterocycles. The van der Waals surface area contributed by atoms with E-state index in [1.165, 1.54) is 4.90 Å². The van der Waals surface area contributed by atoms with E-state index in [1.807, 2.05) is 6.92 Å². The first-order valence-corrected chi connectivity index (χ1v) is 7.41. The Kier molecular flexibility index (Phi) is 3.09. The van der Waals surface area contributed by atoms with Gasteiger partial charge < -0.3 is 4.90 Å². The second-order valence-corrected chi connectivity index (χ2v) is 6.87. The minimum atomic E-state index is -3.70. The highest BCUT2D eigenvalue weighted by Gasteiger charge is 2.37. The van der Waals surface area contributed by atoms with Gasteiger partial charge in [-0.05, 0) is 19.1 Å². The third kappa shape index (κ3) is 2.58. The van der Waals surface area contributed by atoms with E-state index in [4.69, 9.17) is 10.7 Å². The summed E-state index contributed by atoms with van der Waals surface area (Å²) in [5.41, 5.74) is 1.44. The van der Waals surface area contributed by atoms with Crippen LogP contribution in [0.15, 0.2) is 18.3 Å². The fourth-order valence-electron chi connectivity index (χ4n) is 1.73. The molecule has 0 N–H and O–H groups in total. The van der Waals surface area contributed by atoms with Gasteiger partial charge >= 0.3 is 0 Å². The van der Waals surface area contributed by atoms with Gasteiger partial charge in [0.2, 0.25) is 15.0 Å². The predicted molar refractivity (Wildman–Crippen MR) is 64.5 cm³/mol. The van der Waals surface area contributed by atoms with Crippen LogP contribution >= 0.6 is 10.7 Å². The average molecular weight is 275 g/mol. The number of hydrogen-bond donors (Lipinski definition) is 0. The van der Waals surface area contributed by atoms with E-state index in [-0.39, 0.29) is 18.9 Å². The fraction of sp³-hybridized carbons (Fsp3) is 0.400. The largest absolute Gasteiger partial charge is 0.309 e. The Balaban J connectivity index is 2.24. The van der Waals surface area contributed by atoms with Gasteiger partial charge in [0.05, 0.1) is 11.9 Å². The topological polar surface area (TPSA) is 67.3 Å². The number of carbonyl (C=O) groups is 1. The first kappa shape index (κ1) is 12.3. The Morgan fingerprint density at radius 1 is 1.47 bits per heavy atom. The Labute approximate surface area is 104 Å². The van der Waals surface area contributed by atoms with Crippen LogP contribution in [0.4, 0.5) is 5.69 Å². The van der Waals surface area contributed by atoms with Gasteiger partial charge in [-0.1, -0.05) is 0 Å². The van der Waals surface area contributed by atoms with Crippen LogP contribution < -0.4 is 4.90 Å². The molecule has 1 amide bonds. The molecule has 92 valence electrons. The molecule has 0 saturated carbocycles. The van der Waals surface area contributed by atoms with Crippen molar-refractivity contribution in [3.8, 4) is 0 Å². The molecule has 2 heterocycles. The van der Waals surface area contributed by atoms with Gasteiger partial charge in [-0.2, -0.15) is 0 Å². The standard InChI is InChI=1S/C10H11ClN2O3S/c1-7-2-3-8(5-12-7)13-6-9(4-10(13)14)17(11,15)16/h2-3,5,9H,4,6H2,1H3. The van der Waals surface area contributed by atoms with Crippen molar-refractivity contribution >= 4 is 31.3 Å². The molecular formula is C10H11ClN2O3S. The van der Waals surface area contributed by atoms with Gasteiger partial charge in [-0.25, -0.2) is 8.42 Å². The van der Waals surface area contributed by atoms with Gasteiger partial charge in [0.1, 0.15) is 5.25 Å².